The van der Waals surface area contributed by atoms with Crippen molar-refractivity contribution in [2.75, 3.05) is 19.4 Å². The van der Waals surface area contributed by atoms with E-state index in [-0.39, 0.29) is 17.9 Å². The van der Waals surface area contributed by atoms with Crippen molar-refractivity contribution in [2.24, 2.45) is 0 Å². The SMILES string of the molecule is CNC(=O)c1ccc(C[NH+](C)[C@@H](C)C(=O)Nc2c(C)cc(C)cc2C)cc1. The normalized spacial score (nSPS) is 13.0. The Morgan fingerprint density at radius 2 is 1.59 bits per heavy atom. The van der Waals surface area contributed by atoms with Gasteiger partial charge in [-0.15, -0.1) is 0 Å². The predicted molar refractivity (Wildman–Crippen MR) is 109 cm³/mol. The minimum atomic E-state index is -0.205. The van der Waals surface area contributed by atoms with Crippen LogP contribution in [0, 0.1) is 20.8 Å². The molecule has 0 saturated heterocycles. The molecule has 5 heteroatoms. The fourth-order valence-electron chi connectivity index (χ4n) is 3.23. The number of rotatable bonds is 6. The second-order valence-electron chi connectivity index (χ2n) is 7.28. The number of amides is 2. The summed E-state index contributed by atoms with van der Waals surface area (Å²) in [7, 11) is 3.62. The molecule has 3 N–H and O–H groups in total. The van der Waals surface area contributed by atoms with E-state index in [4.69, 9.17) is 0 Å². The van der Waals surface area contributed by atoms with E-state index in [1.807, 2.05) is 52.1 Å². The molecule has 2 aromatic rings. The minimum Gasteiger partial charge on any atom is -0.355 e. The maximum atomic E-state index is 12.7. The largest absolute Gasteiger partial charge is 0.355 e. The zero-order valence-electron chi connectivity index (χ0n) is 17.1. The number of likely N-dealkylation sites (N-methyl/N-ethyl adjacent to an activating group) is 1. The van der Waals surface area contributed by atoms with Crippen LogP contribution in [-0.4, -0.2) is 32.0 Å². The molecule has 0 radical (unpaired) electrons. The molecule has 0 aromatic heterocycles. The summed E-state index contributed by atoms with van der Waals surface area (Å²) in [6.07, 6.45) is 0. The molecule has 0 fully saturated rings. The Bertz CT molecular complexity index is 805. The summed E-state index contributed by atoms with van der Waals surface area (Å²) in [6.45, 7) is 8.73. The van der Waals surface area contributed by atoms with Gasteiger partial charge in [0, 0.05) is 23.9 Å². The van der Waals surface area contributed by atoms with Crippen LogP contribution in [0.25, 0.3) is 0 Å². The summed E-state index contributed by atoms with van der Waals surface area (Å²) in [5.41, 5.74) is 5.97. The number of quaternary nitrogens is 1. The molecule has 1 unspecified atom stereocenters. The molecule has 2 rings (SSSR count). The van der Waals surface area contributed by atoms with Gasteiger partial charge < -0.3 is 15.5 Å². The highest BCUT2D eigenvalue weighted by Gasteiger charge is 2.23. The number of carbonyl (C=O) groups excluding carboxylic acids is 2. The first-order valence-electron chi connectivity index (χ1n) is 9.25. The third-order valence-corrected chi connectivity index (χ3v) is 4.98. The van der Waals surface area contributed by atoms with Crippen LogP contribution in [0.1, 0.15) is 39.5 Å². The van der Waals surface area contributed by atoms with Gasteiger partial charge in [-0.05, 0) is 51.0 Å². The van der Waals surface area contributed by atoms with Gasteiger partial charge in [0.05, 0.1) is 7.05 Å². The lowest BCUT2D eigenvalue weighted by atomic mass is 10.0. The van der Waals surface area contributed by atoms with Gasteiger partial charge in [0.25, 0.3) is 11.8 Å². The molecule has 0 bridgehead atoms. The van der Waals surface area contributed by atoms with Crippen molar-refractivity contribution in [1.82, 2.24) is 5.32 Å². The fraction of sp³-hybridized carbons (Fsp3) is 0.364. The van der Waals surface area contributed by atoms with E-state index in [0.717, 1.165) is 27.3 Å². The Balaban J connectivity index is 2.03. The van der Waals surface area contributed by atoms with E-state index >= 15 is 0 Å². The zero-order valence-corrected chi connectivity index (χ0v) is 17.1. The van der Waals surface area contributed by atoms with Crippen molar-refractivity contribution in [3.63, 3.8) is 0 Å². The van der Waals surface area contributed by atoms with Crippen molar-refractivity contribution in [3.05, 3.63) is 64.2 Å². The van der Waals surface area contributed by atoms with Crippen LogP contribution in [0.4, 0.5) is 5.69 Å². The highest BCUT2D eigenvalue weighted by Crippen LogP contribution is 2.21. The summed E-state index contributed by atoms with van der Waals surface area (Å²) in [4.78, 5) is 25.4. The number of aryl methyl sites for hydroxylation is 3. The molecule has 144 valence electrons. The first-order chi connectivity index (χ1) is 12.7. The van der Waals surface area contributed by atoms with Crippen LogP contribution in [0.3, 0.4) is 0 Å². The summed E-state index contributed by atoms with van der Waals surface area (Å²) in [5, 5.41) is 5.70. The fourth-order valence-corrected chi connectivity index (χ4v) is 3.23. The van der Waals surface area contributed by atoms with Gasteiger partial charge in [-0.3, -0.25) is 9.59 Å². The van der Waals surface area contributed by atoms with Crippen LogP contribution in [0.2, 0.25) is 0 Å². The zero-order chi connectivity index (χ0) is 20.1. The van der Waals surface area contributed by atoms with Gasteiger partial charge in [-0.25, -0.2) is 0 Å². The van der Waals surface area contributed by atoms with Crippen molar-refractivity contribution in [2.45, 2.75) is 40.3 Å². The Morgan fingerprint density at radius 1 is 1.04 bits per heavy atom. The average molecular weight is 369 g/mol. The van der Waals surface area contributed by atoms with E-state index in [1.165, 1.54) is 5.56 Å². The molecule has 5 nitrogen and oxygen atoms in total. The number of benzene rings is 2. The number of anilines is 1. The molecular weight excluding hydrogens is 338 g/mol. The van der Waals surface area contributed by atoms with E-state index < -0.39 is 0 Å². The van der Waals surface area contributed by atoms with Gasteiger partial charge in [0.2, 0.25) is 0 Å². The molecule has 2 atom stereocenters. The van der Waals surface area contributed by atoms with Crippen molar-refractivity contribution in [1.29, 1.82) is 0 Å². The lowest BCUT2D eigenvalue weighted by Crippen LogP contribution is -3.12. The van der Waals surface area contributed by atoms with E-state index in [9.17, 15) is 9.59 Å². The van der Waals surface area contributed by atoms with E-state index in [2.05, 4.69) is 29.7 Å². The maximum absolute atomic E-state index is 12.7. The minimum absolute atomic E-state index is 0.00420. The first kappa shape index (κ1) is 20.6. The quantitative estimate of drug-likeness (QED) is 0.730. The number of hydrogen-bond donors (Lipinski definition) is 3. The second-order valence-corrected chi connectivity index (χ2v) is 7.28. The Kier molecular flexibility index (Phi) is 6.75. The van der Waals surface area contributed by atoms with Crippen LogP contribution >= 0.6 is 0 Å². The highest BCUT2D eigenvalue weighted by molar-refractivity contribution is 5.95. The lowest BCUT2D eigenvalue weighted by molar-refractivity contribution is -0.907. The van der Waals surface area contributed by atoms with Gasteiger partial charge in [0.15, 0.2) is 6.04 Å². The highest BCUT2D eigenvalue weighted by atomic mass is 16.2. The maximum Gasteiger partial charge on any atom is 0.282 e. The monoisotopic (exact) mass is 368 g/mol. The third kappa shape index (κ3) is 5.17. The molecule has 0 aliphatic carbocycles. The Hall–Kier alpha value is -2.66. The topological polar surface area (TPSA) is 62.6 Å². The van der Waals surface area contributed by atoms with Crippen LogP contribution in [0.15, 0.2) is 36.4 Å². The summed E-state index contributed by atoms with van der Waals surface area (Å²) >= 11 is 0. The van der Waals surface area contributed by atoms with Gasteiger partial charge in [0.1, 0.15) is 6.54 Å². The molecular formula is C22H30N3O2+. The number of hydrogen-bond acceptors (Lipinski definition) is 2. The van der Waals surface area contributed by atoms with Crippen LogP contribution in [0.5, 0.6) is 0 Å². The van der Waals surface area contributed by atoms with Gasteiger partial charge in [-0.1, -0.05) is 29.8 Å². The molecule has 0 aliphatic heterocycles. The lowest BCUT2D eigenvalue weighted by Gasteiger charge is -2.22. The van der Waals surface area contributed by atoms with Crippen molar-refractivity contribution in [3.8, 4) is 0 Å². The van der Waals surface area contributed by atoms with E-state index in [0.29, 0.717) is 12.1 Å². The molecule has 27 heavy (non-hydrogen) atoms. The first-order valence-corrected chi connectivity index (χ1v) is 9.25. The molecule has 0 saturated carbocycles. The Morgan fingerprint density at radius 3 is 2.11 bits per heavy atom. The molecule has 0 spiro atoms. The van der Waals surface area contributed by atoms with Crippen molar-refractivity contribution >= 4 is 17.5 Å². The predicted octanol–water partition coefficient (Wildman–Crippen LogP) is 2.01. The summed E-state index contributed by atoms with van der Waals surface area (Å²) < 4.78 is 0. The van der Waals surface area contributed by atoms with Crippen molar-refractivity contribution < 1.29 is 14.5 Å². The Labute approximate surface area is 161 Å². The molecule has 0 aliphatic rings. The van der Waals surface area contributed by atoms with E-state index in [1.54, 1.807) is 7.05 Å². The number of nitrogens with one attached hydrogen (secondary N) is 3. The van der Waals surface area contributed by atoms with Gasteiger partial charge in [-0.2, -0.15) is 0 Å². The smallest absolute Gasteiger partial charge is 0.282 e. The standard InChI is InChI=1S/C22H29N3O2/c1-14-11-15(2)20(16(3)12-14)24-21(26)17(4)25(6)13-18-7-9-19(10-8-18)22(27)23-5/h7-12,17H,13H2,1-6H3,(H,23,27)(H,24,26)/p+1/t17-/m0/s1. The van der Waals surface area contributed by atoms with Crippen LogP contribution < -0.4 is 15.5 Å². The summed E-state index contributed by atoms with van der Waals surface area (Å²) in [6, 6.07) is 11.5. The van der Waals surface area contributed by atoms with Crippen LogP contribution in [-0.2, 0) is 11.3 Å². The molecule has 2 amide bonds. The second kappa shape index (κ2) is 8.82. The molecule has 0 heterocycles. The summed E-state index contributed by atoms with van der Waals surface area (Å²) in [5.74, 6) is -0.0941. The third-order valence-electron chi connectivity index (χ3n) is 4.98. The molecule has 2 aromatic carbocycles. The van der Waals surface area contributed by atoms with Gasteiger partial charge >= 0.3 is 0 Å². The number of carbonyl (C=O) groups is 2. The average Bonchev–Trinajstić information content (AvgIpc) is 2.63.